The summed E-state index contributed by atoms with van der Waals surface area (Å²) in [4.78, 5) is 16.4. The molecule has 1 amide bonds. The molecule has 1 unspecified atom stereocenters. The van der Waals surface area contributed by atoms with Gasteiger partial charge in [0.05, 0.1) is 14.2 Å². The molecule has 2 N–H and O–H groups in total. The summed E-state index contributed by atoms with van der Waals surface area (Å²) in [6, 6.07) is 21.7. The molecule has 0 spiro atoms. The van der Waals surface area contributed by atoms with Crippen LogP contribution in [0.4, 0.5) is 5.69 Å². The highest BCUT2D eigenvalue weighted by Crippen LogP contribution is 2.39. The van der Waals surface area contributed by atoms with Gasteiger partial charge < -0.3 is 19.8 Å². The van der Waals surface area contributed by atoms with Gasteiger partial charge in [-0.2, -0.15) is 0 Å². The standard InChI is InChI=1S/C26H26N2O3/c1-17-8-10-18(11-9-17)28-26(29)15-22(21-13-12-19(30-2)14-25(21)31-3)23-16-27-24-7-5-4-6-20(23)24/h4-14,16,22,27H,15H2,1-3H3,(H,28,29). The van der Waals surface area contributed by atoms with Crippen molar-refractivity contribution in [3.05, 3.63) is 89.6 Å². The summed E-state index contributed by atoms with van der Waals surface area (Å²) in [5, 5.41) is 4.12. The van der Waals surface area contributed by atoms with Crippen LogP contribution >= 0.6 is 0 Å². The van der Waals surface area contributed by atoms with Gasteiger partial charge in [-0.05, 0) is 36.8 Å². The third-order valence-corrected chi connectivity index (χ3v) is 5.54. The number of benzene rings is 3. The zero-order valence-electron chi connectivity index (χ0n) is 17.9. The lowest BCUT2D eigenvalue weighted by molar-refractivity contribution is -0.116. The zero-order valence-corrected chi connectivity index (χ0v) is 17.9. The van der Waals surface area contributed by atoms with Gasteiger partial charge in [-0.3, -0.25) is 4.79 Å². The number of para-hydroxylation sites is 1. The maximum absolute atomic E-state index is 13.0. The smallest absolute Gasteiger partial charge is 0.225 e. The predicted molar refractivity (Wildman–Crippen MR) is 124 cm³/mol. The number of H-pyrrole nitrogens is 1. The van der Waals surface area contributed by atoms with Crippen molar-refractivity contribution in [2.75, 3.05) is 19.5 Å². The third kappa shape index (κ3) is 4.40. The first-order valence-electron chi connectivity index (χ1n) is 10.2. The quantitative estimate of drug-likeness (QED) is 0.410. The van der Waals surface area contributed by atoms with Gasteiger partial charge in [0.2, 0.25) is 5.91 Å². The van der Waals surface area contributed by atoms with Crippen LogP contribution in [0.5, 0.6) is 11.5 Å². The lowest BCUT2D eigenvalue weighted by Crippen LogP contribution is -2.17. The molecule has 158 valence electrons. The highest BCUT2D eigenvalue weighted by molar-refractivity contribution is 5.93. The average molecular weight is 415 g/mol. The number of nitrogens with one attached hydrogen (secondary N) is 2. The van der Waals surface area contributed by atoms with Gasteiger partial charge in [0.25, 0.3) is 0 Å². The van der Waals surface area contributed by atoms with Crippen molar-refractivity contribution >= 4 is 22.5 Å². The number of methoxy groups -OCH3 is 2. The maximum Gasteiger partial charge on any atom is 0.225 e. The summed E-state index contributed by atoms with van der Waals surface area (Å²) >= 11 is 0. The number of aromatic nitrogens is 1. The molecule has 0 fully saturated rings. The van der Waals surface area contributed by atoms with Gasteiger partial charge in [0.1, 0.15) is 11.5 Å². The molecule has 0 aliphatic heterocycles. The van der Waals surface area contributed by atoms with Gasteiger partial charge in [-0.15, -0.1) is 0 Å². The molecule has 31 heavy (non-hydrogen) atoms. The number of hydrogen-bond acceptors (Lipinski definition) is 3. The van der Waals surface area contributed by atoms with E-state index in [1.54, 1.807) is 14.2 Å². The summed E-state index contributed by atoms with van der Waals surface area (Å²) in [7, 11) is 3.26. The van der Waals surface area contributed by atoms with Crippen molar-refractivity contribution < 1.29 is 14.3 Å². The second-order valence-corrected chi connectivity index (χ2v) is 7.57. The molecule has 0 aliphatic carbocycles. The van der Waals surface area contributed by atoms with Gasteiger partial charge in [0.15, 0.2) is 0 Å². The van der Waals surface area contributed by atoms with Crippen molar-refractivity contribution in [2.45, 2.75) is 19.3 Å². The van der Waals surface area contributed by atoms with E-state index in [0.717, 1.165) is 33.3 Å². The highest BCUT2D eigenvalue weighted by Gasteiger charge is 2.25. The fraction of sp³-hybridized carbons (Fsp3) is 0.192. The van der Waals surface area contributed by atoms with Gasteiger partial charge in [-0.1, -0.05) is 42.0 Å². The third-order valence-electron chi connectivity index (χ3n) is 5.54. The highest BCUT2D eigenvalue weighted by atomic mass is 16.5. The second kappa shape index (κ2) is 8.96. The molecule has 1 atom stereocenters. The number of carbonyl (C=O) groups excluding carboxylic acids is 1. The number of carbonyl (C=O) groups is 1. The van der Waals surface area contributed by atoms with Crippen molar-refractivity contribution in [3.8, 4) is 11.5 Å². The van der Waals surface area contributed by atoms with E-state index in [2.05, 4.69) is 16.4 Å². The number of hydrogen-bond donors (Lipinski definition) is 2. The average Bonchev–Trinajstić information content (AvgIpc) is 3.22. The lowest BCUT2D eigenvalue weighted by Gasteiger charge is -2.20. The molecular formula is C26H26N2O3. The van der Waals surface area contributed by atoms with Crippen LogP contribution in [0.3, 0.4) is 0 Å². The second-order valence-electron chi connectivity index (χ2n) is 7.57. The number of rotatable bonds is 7. The molecule has 0 aliphatic rings. The molecule has 0 saturated carbocycles. The Balaban J connectivity index is 1.73. The van der Waals surface area contributed by atoms with E-state index in [4.69, 9.17) is 9.47 Å². The Labute approximate surface area is 182 Å². The van der Waals surface area contributed by atoms with Crippen molar-refractivity contribution in [2.24, 2.45) is 0 Å². The lowest BCUT2D eigenvalue weighted by atomic mass is 9.87. The van der Waals surface area contributed by atoms with Gasteiger partial charge >= 0.3 is 0 Å². The number of amides is 1. The zero-order chi connectivity index (χ0) is 21.8. The van der Waals surface area contributed by atoms with Crippen molar-refractivity contribution in [3.63, 3.8) is 0 Å². The van der Waals surface area contributed by atoms with E-state index in [1.807, 2.05) is 73.8 Å². The molecule has 5 nitrogen and oxygen atoms in total. The van der Waals surface area contributed by atoms with E-state index < -0.39 is 0 Å². The maximum atomic E-state index is 13.0. The first-order chi connectivity index (χ1) is 15.1. The molecule has 1 heterocycles. The van der Waals surface area contributed by atoms with E-state index in [1.165, 1.54) is 0 Å². The number of ether oxygens (including phenoxy) is 2. The summed E-state index contributed by atoms with van der Waals surface area (Å²) in [6.45, 7) is 2.02. The molecule has 4 aromatic rings. The summed E-state index contributed by atoms with van der Waals surface area (Å²) in [6.07, 6.45) is 2.26. The van der Waals surface area contributed by atoms with Crippen LogP contribution in [0.25, 0.3) is 10.9 Å². The van der Waals surface area contributed by atoms with Crippen molar-refractivity contribution in [1.82, 2.24) is 4.98 Å². The monoisotopic (exact) mass is 414 g/mol. The minimum atomic E-state index is -0.192. The number of anilines is 1. The van der Waals surface area contributed by atoms with Crippen LogP contribution in [0.15, 0.2) is 72.9 Å². The van der Waals surface area contributed by atoms with Crippen LogP contribution < -0.4 is 14.8 Å². The molecule has 5 heteroatoms. The van der Waals surface area contributed by atoms with Crippen LogP contribution in [-0.2, 0) is 4.79 Å². The van der Waals surface area contributed by atoms with Gasteiger partial charge in [0, 0.05) is 46.8 Å². The normalized spacial score (nSPS) is 11.8. The number of aryl methyl sites for hydroxylation is 1. The van der Waals surface area contributed by atoms with E-state index in [9.17, 15) is 4.79 Å². The minimum absolute atomic E-state index is 0.0583. The fourth-order valence-corrected chi connectivity index (χ4v) is 3.91. The summed E-state index contributed by atoms with van der Waals surface area (Å²) < 4.78 is 11.0. The van der Waals surface area contributed by atoms with Crippen LogP contribution in [0.1, 0.15) is 29.0 Å². The Morgan fingerprint density at radius 3 is 2.48 bits per heavy atom. The Hall–Kier alpha value is -3.73. The van der Waals surface area contributed by atoms with Crippen LogP contribution in [0.2, 0.25) is 0 Å². The van der Waals surface area contributed by atoms with Gasteiger partial charge in [-0.25, -0.2) is 0 Å². The topological polar surface area (TPSA) is 63.3 Å². The Kier molecular flexibility index (Phi) is 5.94. The molecule has 0 saturated heterocycles. The largest absolute Gasteiger partial charge is 0.497 e. The Morgan fingerprint density at radius 1 is 0.968 bits per heavy atom. The number of fused-ring (bicyclic) bond motifs is 1. The molecule has 0 radical (unpaired) electrons. The summed E-state index contributed by atoms with van der Waals surface area (Å²) in [5.74, 6) is 1.15. The first kappa shape index (κ1) is 20.5. The molecule has 4 rings (SSSR count). The Morgan fingerprint density at radius 2 is 1.74 bits per heavy atom. The van der Waals surface area contributed by atoms with Crippen LogP contribution in [0, 0.1) is 6.92 Å². The summed E-state index contributed by atoms with van der Waals surface area (Å²) in [5.41, 5.74) is 4.96. The van der Waals surface area contributed by atoms with E-state index >= 15 is 0 Å². The van der Waals surface area contributed by atoms with E-state index in [-0.39, 0.29) is 18.2 Å². The molecular weight excluding hydrogens is 388 g/mol. The fourth-order valence-electron chi connectivity index (χ4n) is 3.91. The van der Waals surface area contributed by atoms with Crippen LogP contribution in [-0.4, -0.2) is 25.1 Å². The molecule has 0 bridgehead atoms. The molecule has 1 aromatic heterocycles. The van der Waals surface area contributed by atoms with Crippen molar-refractivity contribution in [1.29, 1.82) is 0 Å². The SMILES string of the molecule is COc1ccc(C(CC(=O)Nc2ccc(C)cc2)c2c[nH]c3ccccc23)c(OC)c1. The Bertz CT molecular complexity index is 1190. The first-order valence-corrected chi connectivity index (χ1v) is 10.2. The minimum Gasteiger partial charge on any atom is -0.497 e. The molecule has 3 aromatic carbocycles. The number of aromatic amines is 1. The van der Waals surface area contributed by atoms with E-state index in [0.29, 0.717) is 11.5 Å². The predicted octanol–water partition coefficient (Wildman–Crippen LogP) is 5.65.